The van der Waals surface area contributed by atoms with E-state index < -0.39 is 0 Å². The van der Waals surface area contributed by atoms with E-state index in [4.69, 9.17) is 10.1 Å². The molecule has 9 heteroatoms. The lowest BCUT2D eigenvalue weighted by atomic mass is 10.0. The molecule has 1 aliphatic rings. The van der Waals surface area contributed by atoms with E-state index in [0.717, 1.165) is 22.3 Å². The zero-order valence-corrected chi connectivity index (χ0v) is 19.8. The van der Waals surface area contributed by atoms with Crippen molar-refractivity contribution in [1.82, 2.24) is 10.3 Å². The molecule has 0 radical (unpaired) electrons. The largest absolute Gasteiger partial charge is 0.395 e. The molecule has 0 unspecified atom stereocenters. The molecule has 3 N–H and O–H groups in total. The van der Waals surface area contributed by atoms with Gasteiger partial charge in [0.05, 0.1) is 30.1 Å². The fourth-order valence-corrected chi connectivity index (χ4v) is 4.65. The number of hydrogen-bond acceptors (Lipinski definition) is 6. The van der Waals surface area contributed by atoms with Gasteiger partial charge in [0, 0.05) is 17.5 Å². The van der Waals surface area contributed by atoms with Crippen LogP contribution in [0.2, 0.25) is 0 Å². The van der Waals surface area contributed by atoms with Gasteiger partial charge in [-0.3, -0.25) is 14.6 Å². The summed E-state index contributed by atoms with van der Waals surface area (Å²) in [5.41, 5.74) is 5.37. The van der Waals surface area contributed by atoms with E-state index in [1.807, 2.05) is 42.5 Å². The second-order valence-corrected chi connectivity index (χ2v) is 8.98. The first-order valence-corrected chi connectivity index (χ1v) is 12.1. The Balaban J connectivity index is 1.45. The van der Waals surface area contributed by atoms with Crippen LogP contribution in [-0.4, -0.2) is 40.8 Å². The van der Waals surface area contributed by atoms with Crippen LogP contribution in [0, 0.1) is 5.82 Å². The van der Waals surface area contributed by atoms with Crippen LogP contribution in [0.1, 0.15) is 22.5 Å². The predicted molar refractivity (Wildman–Crippen MR) is 138 cm³/mol. The van der Waals surface area contributed by atoms with Gasteiger partial charge in [-0.25, -0.2) is 9.37 Å². The van der Waals surface area contributed by atoms with Crippen LogP contribution in [0.25, 0.3) is 21.7 Å². The van der Waals surface area contributed by atoms with E-state index in [0.29, 0.717) is 22.1 Å². The van der Waals surface area contributed by atoms with E-state index in [-0.39, 0.29) is 42.9 Å². The van der Waals surface area contributed by atoms with Gasteiger partial charge in [-0.15, -0.1) is 11.3 Å². The predicted octanol–water partition coefficient (Wildman–Crippen LogP) is 4.80. The molecule has 0 saturated heterocycles. The van der Waals surface area contributed by atoms with Crippen LogP contribution >= 0.6 is 11.3 Å². The Kier molecular flexibility index (Phi) is 6.66. The van der Waals surface area contributed by atoms with E-state index in [2.05, 4.69) is 15.6 Å². The summed E-state index contributed by atoms with van der Waals surface area (Å²) in [4.78, 5) is 34.0. The molecule has 5 rings (SSSR count). The lowest BCUT2D eigenvalue weighted by molar-refractivity contribution is -0.115. The highest BCUT2D eigenvalue weighted by molar-refractivity contribution is 7.13. The number of fused-ring (bicyclic) bond motifs is 1. The molecule has 36 heavy (non-hydrogen) atoms. The molecule has 1 aliphatic heterocycles. The molecule has 180 valence electrons. The summed E-state index contributed by atoms with van der Waals surface area (Å²) in [5.74, 6) is -0.840. The van der Waals surface area contributed by atoms with E-state index in [1.165, 1.54) is 23.5 Å². The monoisotopic (exact) mass is 500 g/mol. The lowest BCUT2D eigenvalue weighted by Gasteiger charge is -2.08. The van der Waals surface area contributed by atoms with Gasteiger partial charge in [-0.05, 0) is 47.0 Å². The number of hydrogen-bond donors (Lipinski definition) is 3. The summed E-state index contributed by atoms with van der Waals surface area (Å²) in [6.45, 7) is 0.0209. The number of carbonyl (C=O) groups excluding carboxylic acids is 2. The highest BCUT2D eigenvalue weighted by Gasteiger charge is 2.19. The van der Waals surface area contributed by atoms with Crippen molar-refractivity contribution < 1.29 is 19.1 Å². The molecule has 7 nitrogen and oxygen atoms in total. The number of aliphatic hydroxyl groups is 1. The topological polar surface area (TPSA) is 104 Å². The molecule has 2 amide bonds. The first-order valence-electron chi connectivity index (χ1n) is 11.2. The molecular formula is C27H21FN4O3S. The van der Waals surface area contributed by atoms with Crippen LogP contribution in [0.5, 0.6) is 0 Å². The number of halogens is 1. The maximum absolute atomic E-state index is 13.3. The van der Waals surface area contributed by atoms with Crippen molar-refractivity contribution in [3.8, 4) is 21.7 Å². The first kappa shape index (κ1) is 23.5. The van der Waals surface area contributed by atoms with Crippen LogP contribution in [-0.2, 0) is 4.79 Å². The number of aliphatic hydroxyl groups excluding tert-OH is 1. The summed E-state index contributed by atoms with van der Waals surface area (Å²) < 4.78 is 13.3. The van der Waals surface area contributed by atoms with Crippen LogP contribution in [0.15, 0.2) is 77.1 Å². The fraction of sp³-hybridized carbons (Fsp3) is 0.111. The molecular weight excluding hydrogens is 479 g/mol. The van der Waals surface area contributed by atoms with Crippen molar-refractivity contribution in [1.29, 1.82) is 0 Å². The molecule has 0 atom stereocenters. The first-order chi connectivity index (χ1) is 17.5. The van der Waals surface area contributed by atoms with E-state index >= 15 is 0 Å². The molecule has 4 aromatic rings. The van der Waals surface area contributed by atoms with Crippen LogP contribution in [0.4, 0.5) is 15.8 Å². The quantitative estimate of drug-likeness (QED) is 0.354. The number of aliphatic imine (C=N–C) groups is 1. The van der Waals surface area contributed by atoms with Gasteiger partial charge in [-0.2, -0.15) is 0 Å². The fourth-order valence-electron chi connectivity index (χ4n) is 3.86. The third kappa shape index (κ3) is 5.07. The standard InChI is InChI=1S/C27H21FN4O3S/c28-20-7-4-16(5-8-20)17-6-9-21-23(13-17)31-25(34)14-22(30-21)18-2-1-3-19(12-18)27-32-24(15-36-27)26(35)29-10-11-33/h1-9,12-13,15,33H,10-11,14H2,(H,29,35)(H,31,34). The third-order valence-corrected chi connectivity index (χ3v) is 6.50. The highest BCUT2D eigenvalue weighted by atomic mass is 32.1. The van der Waals surface area contributed by atoms with Gasteiger partial charge < -0.3 is 15.7 Å². The number of thiazole rings is 1. The maximum atomic E-state index is 13.3. The Morgan fingerprint density at radius 1 is 1.03 bits per heavy atom. The van der Waals surface area contributed by atoms with Gasteiger partial charge in [0.1, 0.15) is 16.5 Å². The van der Waals surface area contributed by atoms with Crippen molar-refractivity contribution in [2.24, 2.45) is 4.99 Å². The van der Waals surface area contributed by atoms with Gasteiger partial charge in [0.2, 0.25) is 5.91 Å². The van der Waals surface area contributed by atoms with Crippen molar-refractivity contribution >= 4 is 40.2 Å². The van der Waals surface area contributed by atoms with Gasteiger partial charge in [0.15, 0.2) is 0 Å². The minimum atomic E-state index is -0.343. The Labute approximate surface area is 210 Å². The number of nitrogens with zero attached hydrogens (tertiary/aromatic N) is 2. The zero-order chi connectivity index (χ0) is 25.1. The molecule has 0 spiro atoms. The third-order valence-electron chi connectivity index (χ3n) is 5.61. The highest BCUT2D eigenvalue weighted by Crippen LogP contribution is 2.34. The average Bonchev–Trinajstić information content (AvgIpc) is 3.32. The lowest BCUT2D eigenvalue weighted by Crippen LogP contribution is -2.26. The van der Waals surface area contributed by atoms with Crippen molar-refractivity contribution in [2.45, 2.75) is 6.42 Å². The smallest absolute Gasteiger partial charge is 0.270 e. The normalized spacial score (nSPS) is 12.8. The number of carbonyl (C=O) groups is 2. The van der Waals surface area contributed by atoms with Crippen LogP contribution in [0.3, 0.4) is 0 Å². The number of anilines is 1. The van der Waals surface area contributed by atoms with Gasteiger partial charge >= 0.3 is 0 Å². The molecule has 3 aromatic carbocycles. The SMILES string of the molecule is O=C1CC(c2cccc(-c3nc(C(=O)NCCO)cs3)c2)=Nc2ccc(-c3ccc(F)cc3)cc2N1. The summed E-state index contributed by atoms with van der Waals surface area (Å²) in [6.07, 6.45) is 0.0939. The van der Waals surface area contributed by atoms with Gasteiger partial charge in [-0.1, -0.05) is 36.4 Å². The number of nitrogens with one attached hydrogen (secondary N) is 2. The van der Waals surface area contributed by atoms with E-state index in [1.54, 1.807) is 17.5 Å². The Morgan fingerprint density at radius 3 is 2.61 bits per heavy atom. The van der Waals surface area contributed by atoms with Crippen molar-refractivity contribution in [3.05, 3.63) is 89.2 Å². The summed E-state index contributed by atoms with van der Waals surface area (Å²) in [7, 11) is 0. The molecule has 0 fully saturated rings. The maximum Gasteiger partial charge on any atom is 0.270 e. The summed E-state index contributed by atoms with van der Waals surface area (Å²) in [6, 6.07) is 19.3. The molecule has 2 heterocycles. The van der Waals surface area contributed by atoms with Crippen LogP contribution < -0.4 is 10.6 Å². The molecule has 0 saturated carbocycles. The molecule has 0 aliphatic carbocycles. The average molecular weight is 501 g/mol. The minimum absolute atomic E-state index is 0.0939. The number of benzene rings is 3. The molecule has 1 aromatic heterocycles. The number of aromatic nitrogens is 1. The zero-order valence-electron chi connectivity index (χ0n) is 19.0. The number of amides is 2. The Hall–Kier alpha value is -4.21. The van der Waals surface area contributed by atoms with Crippen molar-refractivity contribution in [2.75, 3.05) is 18.5 Å². The van der Waals surface area contributed by atoms with Crippen molar-refractivity contribution in [3.63, 3.8) is 0 Å². The Bertz CT molecular complexity index is 1480. The minimum Gasteiger partial charge on any atom is -0.395 e. The summed E-state index contributed by atoms with van der Waals surface area (Å²) in [5, 5.41) is 16.7. The Morgan fingerprint density at radius 2 is 1.81 bits per heavy atom. The second kappa shape index (κ2) is 10.2. The molecule has 0 bridgehead atoms. The summed E-state index contributed by atoms with van der Waals surface area (Å²) >= 11 is 1.34. The second-order valence-electron chi connectivity index (χ2n) is 8.12. The number of rotatable bonds is 6. The van der Waals surface area contributed by atoms with Gasteiger partial charge in [0.25, 0.3) is 5.91 Å². The van der Waals surface area contributed by atoms with E-state index in [9.17, 15) is 14.0 Å².